The van der Waals surface area contributed by atoms with E-state index in [4.69, 9.17) is 9.31 Å². The molecule has 1 saturated heterocycles. The Bertz CT molecular complexity index is 708. The van der Waals surface area contributed by atoms with Crippen LogP contribution in [0, 0.1) is 0 Å². The topological polar surface area (TPSA) is 18.5 Å². The first-order valence-corrected chi connectivity index (χ1v) is 8.11. The van der Waals surface area contributed by atoms with Crippen molar-refractivity contribution in [3.8, 4) is 11.1 Å². The molecule has 2 aromatic rings. The second-order valence-corrected chi connectivity index (χ2v) is 6.80. The Kier molecular flexibility index (Phi) is 4.42. The van der Waals surface area contributed by atoms with Crippen LogP contribution in [0.1, 0.15) is 32.3 Å². The molecular weight excluding hydrogens is 283 g/mol. The van der Waals surface area contributed by atoms with Crippen LogP contribution in [0.4, 0.5) is 0 Å². The zero-order chi connectivity index (χ0) is 16.4. The highest BCUT2D eigenvalue weighted by Crippen LogP contribution is 2.25. The van der Waals surface area contributed by atoms with Crippen LogP contribution in [0.25, 0.3) is 11.1 Å². The third kappa shape index (κ3) is 3.57. The van der Waals surface area contributed by atoms with Crippen molar-refractivity contribution in [2.75, 3.05) is 6.61 Å². The van der Waals surface area contributed by atoms with E-state index >= 15 is 0 Å². The van der Waals surface area contributed by atoms with E-state index in [2.05, 4.69) is 75.9 Å². The summed E-state index contributed by atoms with van der Waals surface area (Å²) in [4.78, 5) is 0. The van der Waals surface area contributed by atoms with Crippen LogP contribution < -0.4 is 5.46 Å². The van der Waals surface area contributed by atoms with E-state index in [1.165, 1.54) is 16.7 Å². The minimum atomic E-state index is -0.278. The maximum absolute atomic E-state index is 5.97. The van der Waals surface area contributed by atoms with Gasteiger partial charge < -0.3 is 9.31 Å². The van der Waals surface area contributed by atoms with Crippen molar-refractivity contribution in [2.45, 2.75) is 32.3 Å². The predicted octanol–water partition coefficient (Wildman–Crippen LogP) is 4.16. The van der Waals surface area contributed by atoms with Gasteiger partial charge >= 0.3 is 7.12 Å². The molecule has 1 aliphatic rings. The minimum absolute atomic E-state index is 0.222. The highest BCUT2D eigenvalue weighted by Gasteiger charge is 2.38. The summed E-state index contributed by atoms with van der Waals surface area (Å²) in [5.74, 6) is 0.348. The molecule has 3 rings (SSSR count). The molecule has 0 aromatic heterocycles. The molecule has 23 heavy (non-hydrogen) atoms. The third-order valence-electron chi connectivity index (χ3n) is 4.27. The van der Waals surface area contributed by atoms with Crippen LogP contribution in [0.5, 0.6) is 0 Å². The molecule has 118 valence electrons. The SMILES string of the molecule is C=CC(C)c1cccc(-c2cccc(B3OCC(C)(C)O3)c2)c1. The van der Waals surface area contributed by atoms with Gasteiger partial charge in [-0.2, -0.15) is 0 Å². The van der Waals surface area contributed by atoms with Crippen LogP contribution >= 0.6 is 0 Å². The normalized spacial score (nSPS) is 18.0. The van der Waals surface area contributed by atoms with E-state index in [0.717, 1.165) is 5.46 Å². The van der Waals surface area contributed by atoms with Crippen molar-refractivity contribution < 1.29 is 9.31 Å². The Morgan fingerprint density at radius 2 is 1.83 bits per heavy atom. The van der Waals surface area contributed by atoms with Crippen molar-refractivity contribution >= 4 is 12.6 Å². The van der Waals surface area contributed by atoms with Gasteiger partial charge in [0, 0.05) is 0 Å². The largest absolute Gasteiger partial charge is 0.494 e. The van der Waals surface area contributed by atoms with E-state index in [1.54, 1.807) is 0 Å². The summed E-state index contributed by atoms with van der Waals surface area (Å²) in [6.07, 6.45) is 1.97. The maximum atomic E-state index is 5.97. The molecule has 0 radical (unpaired) electrons. The van der Waals surface area contributed by atoms with Gasteiger partial charge in [0.05, 0.1) is 12.2 Å². The summed E-state index contributed by atoms with van der Waals surface area (Å²) in [7, 11) is -0.278. The summed E-state index contributed by atoms with van der Waals surface area (Å²) in [5.41, 5.74) is 4.50. The van der Waals surface area contributed by atoms with Gasteiger partial charge in [-0.25, -0.2) is 0 Å². The lowest BCUT2D eigenvalue weighted by atomic mass is 9.78. The van der Waals surface area contributed by atoms with Gasteiger partial charge in [0.2, 0.25) is 0 Å². The molecule has 0 aliphatic carbocycles. The lowest BCUT2D eigenvalue weighted by Crippen LogP contribution is -2.34. The monoisotopic (exact) mass is 306 g/mol. The van der Waals surface area contributed by atoms with Crippen LogP contribution in [-0.2, 0) is 9.31 Å². The molecule has 0 N–H and O–H groups in total. The van der Waals surface area contributed by atoms with E-state index < -0.39 is 0 Å². The van der Waals surface area contributed by atoms with Gasteiger partial charge in [-0.15, -0.1) is 6.58 Å². The maximum Gasteiger partial charge on any atom is 0.494 e. The van der Waals surface area contributed by atoms with Gasteiger partial charge in [0.25, 0.3) is 0 Å². The molecule has 1 aliphatic heterocycles. The van der Waals surface area contributed by atoms with Gasteiger partial charge in [0.1, 0.15) is 0 Å². The zero-order valence-electron chi connectivity index (χ0n) is 14.1. The van der Waals surface area contributed by atoms with Crippen molar-refractivity contribution in [2.24, 2.45) is 0 Å². The molecule has 3 heteroatoms. The van der Waals surface area contributed by atoms with Crippen LogP contribution in [-0.4, -0.2) is 19.3 Å². The van der Waals surface area contributed by atoms with Crippen molar-refractivity contribution in [3.63, 3.8) is 0 Å². The highest BCUT2D eigenvalue weighted by molar-refractivity contribution is 6.62. The molecule has 1 heterocycles. The molecule has 2 aromatic carbocycles. The Morgan fingerprint density at radius 1 is 1.13 bits per heavy atom. The van der Waals surface area contributed by atoms with E-state index in [0.29, 0.717) is 12.5 Å². The first-order valence-electron chi connectivity index (χ1n) is 8.11. The molecule has 1 atom stereocenters. The summed E-state index contributed by atoms with van der Waals surface area (Å²) < 4.78 is 11.8. The average Bonchev–Trinajstić information content (AvgIpc) is 2.94. The molecular formula is C20H23BO2. The summed E-state index contributed by atoms with van der Waals surface area (Å²) in [5, 5.41) is 0. The van der Waals surface area contributed by atoms with E-state index in [1.807, 2.05) is 6.08 Å². The molecule has 1 unspecified atom stereocenters. The Hall–Kier alpha value is -1.84. The predicted molar refractivity (Wildman–Crippen MR) is 97.0 cm³/mol. The molecule has 0 bridgehead atoms. The van der Waals surface area contributed by atoms with Crippen LogP contribution in [0.3, 0.4) is 0 Å². The van der Waals surface area contributed by atoms with Gasteiger partial charge in [-0.1, -0.05) is 61.5 Å². The fraction of sp³-hybridized carbons (Fsp3) is 0.300. The summed E-state index contributed by atoms with van der Waals surface area (Å²) in [6.45, 7) is 10.8. The molecule has 0 amide bonds. The highest BCUT2D eigenvalue weighted by atomic mass is 16.7. The number of benzene rings is 2. The number of allylic oxidation sites excluding steroid dienone is 1. The standard InChI is InChI=1S/C20H23BO2/c1-5-15(2)16-8-6-9-17(12-16)18-10-7-11-19(13-18)21-22-14-20(3,4)23-21/h5-13,15H,1,14H2,2-4H3. The molecule has 0 saturated carbocycles. The zero-order valence-corrected chi connectivity index (χ0v) is 14.1. The second-order valence-electron chi connectivity index (χ2n) is 6.80. The van der Waals surface area contributed by atoms with Crippen LogP contribution in [0.15, 0.2) is 61.2 Å². The number of hydrogen-bond acceptors (Lipinski definition) is 2. The number of hydrogen-bond donors (Lipinski definition) is 0. The van der Waals surface area contributed by atoms with Crippen molar-refractivity contribution in [3.05, 3.63) is 66.7 Å². The van der Waals surface area contributed by atoms with E-state index in [9.17, 15) is 0 Å². The fourth-order valence-electron chi connectivity index (χ4n) is 2.80. The second kappa shape index (κ2) is 6.35. The Labute approximate surface area is 139 Å². The molecule has 1 fully saturated rings. The fourth-order valence-corrected chi connectivity index (χ4v) is 2.80. The smallest absolute Gasteiger partial charge is 0.404 e. The van der Waals surface area contributed by atoms with Gasteiger partial charge in [0.15, 0.2) is 0 Å². The Balaban J connectivity index is 1.90. The average molecular weight is 306 g/mol. The van der Waals surface area contributed by atoms with Crippen LogP contribution in [0.2, 0.25) is 0 Å². The summed E-state index contributed by atoms with van der Waals surface area (Å²) in [6, 6.07) is 17.0. The van der Waals surface area contributed by atoms with Gasteiger partial charge in [-0.05, 0) is 41.9 Å². The summed E-state index contributed by atoms with van der Waals surface area (Å²) >= 11 is 0. The third-order valence-corrected chi connectivity index (χ3v) is 4.27. The lowest BCUT2D eigenvalue weighted by Gasteiger charge is -2.16. The van der Waals surface area contributed by atoms with Crippen molar-refractivity contribution in [1.82, 2.24) is 0 Å². The Morgan fingerprint density at radius 3 is 2.48 bits per heavy atom. The van der Waals surface area contributed by atoms with Gasteiger partial charge in [-0.3, -0.25) is 0 Å². The lowest BCUT2D eigenvalue weighted by molar-refractivity contribution is 0.137. The molecule has 0 spiro atoms. The first kappa shape index (κ1) is 16.0. The quantitative estimate of drug-likeness (QED) is 0.623. The van der Waals surface area contributed by atoms with E-state index in [-0.39, 0.29) is 12.7 Å². The van der Waals surface area contributed by atoms with Crippen molar-refractivity contribution in [1.29, 1.82) is 0 Å². The molecule has 2 nitrogen and oxygen atoms in total. The minimum Gasteiger partial charge on any atom is -0.404 e. The number of rotatable bonds is 4. The first-order chi connectivity index (χ1) is 11.0.